The van der Waals surface area contributed by atoms with Gasteiger partial charge in [0.05, 0.1) is 16.1 Å². The molecule has 1 rings (SSSR count). The van der Waals surface area contributed by atoms with Crippen LogP contribution >= 0.6 is 15.9 Å². The van der Waals surface area contributed by atoms with E-state index in [-0.39, 0.29) is 10.0 Å². The van der Waals surface area contributed by atoms with E-state index >= 15 is 0 Å². The Morgan fingerprint density at radius 2 is 2.11 bits per heavy atom. The van der Waals surface area contributed by atoms with Crippen LogP contribution < -0.4 is 11.3 Å². The molecule has 0 amide bonds. The van der Waals surface area contributed by atoms with Crippen LogP contribution in [-0.2, 0) is 4.74 Å². The lowest BCUT2D eigenvalue weighted by atomic mass is 9.87. The number of rotatable bonds is 5. The molecule has 1 aromatic rings. The van der Waals surface area contributed by atoms with Gasteiger partial charge in [0.25, 0.3) is 0 Å². The van der Waals surface area contributed by atoms with Gasteiger partial charge in [0.1, 0.15) is 11.6 Å². The number of halogens is 3. The molecule has 18 heavy (non-hydrogen) atoms. The number of hydrogen-bond acceptors (Lipinski definition) is 3. The summed E-state index contributed by atoms with van der Waals surface area (Å²) in [4.78, 5) is 0. The summed E-state index contributed by atoms with van der Waals surface area (Å²) in [6.07, 6.45) is 0.545. The second-order valence-corrected chi connectivity index (χ2v) is 5.08. The minimum Gasteiger partial charge on any atom is -0.376 e. The van der Waals surface area contributed by atoms with Crippen molar-refractivity contribution in [1.82, 2.24) is 5.43 Å². The summed E-state index contributed by atoms with van der Waals surface area (Å²) in [6, 6.07) is 1.72. The highest BCUT2D eigenvalue weighted by molar-refractivity contribution is 9.10. The first kappa shape index (κ1) is 15.5. The quantitative estimate of drug-likeness (QED) is 0.497. The summed E-state index contributed by atoms with van der Waals surface area (Å²) < 4.78 is 33.5. The number of hydrazine groups is 1. The van der Waals surface area contributed by atoms with Gasteiger partial charge in [-0.1, -0.05) is 6.92 Å². The van der Waals surface area contributed by atoms with Crippen molar-refractivity contribution in [3.05, 3.63) is 33.8 Å². The first-order valence-electron chi connectivity index (χ1n) is 5.56. The molecule has 0 aromatic heterocycles. The fraction of sp³-hybridized carbons (Fsp3) is 0.500. The van der Waals surface area contributed by atoms with Crippen LogP contribution in [0.25, 0.3) is 0 Å². The predicted octanol–water partition coefficient (Wildman–Crippen LogP) is 3.05. The molecule has 0 aliphatic rings. The maximum Gasteiger partial charge on any atom is 0.145 e. The maximum absolute atomic E-state index is 14.1. The average molecular weight is 323 g/mol. The third kappa shape index (κ3) is 2.71. The lowest BCUT2D eigenvalue weighted by Gasteiger charge is -2.35. The fourth-order valence-corrected chi connectivity index (χ4v) is 2.18. The molecular formula is C12H17BrF2N2O. The third-order valence-electron chi connectivity index (χ3n) is 3.31. The normalized spacial score (nSPS) is 16.4. The first-order chi connectivity index (χ1) is 8.41. The number of hydrogen-bond donors (Lipinski definition) is 2. The smallest absolute Gasteiger partial charge is 0.145 e. The Morgan fingerprint density at radius 1 is 1.50 bits per heavy atom. The summed E-state index contributed by atoms with van der Waals surface area (Å²) in [6.45, 7) is 3.61. The Morgan fingerprint density at radius 3 is 2.56 bits per heavy atom. The van der Waals surface area contributed by atoms with Crippen LogP contribution in [0.5, 0.6) is 0 Å². The molecule has 0 fully saturated rings. The fourth-order valence-electron chi connectivity index (χ4n) is 1.84. The van der Waals surface area contributed by atoms with Gasteiger partial charge in [-0.15, -0.1) is 0 Å². The first-order valence-corrected chi connectivity index (χ1v) is 6.35. The van der Waals surface area contributed by atoms with Crippen molar-refractivity contribution in [2.24, 2.45) is 5.84 Å². The summed E-state index contributed by atoms with van der Waals surface area (Å²) in [5, 5.41) is 0. The molecule has 3 nitrogen and oxygen atoms in total. The van der Waals surface area contributed by atoms with Crippen molar-refractivity contribution in [2.45, 2.75) is 31.9 Å². The molecule has 0 saturated heterocycles. The topological polar surface area (TPSA) is 47.3 Å². The van der Waals surface area contributed by atoms with Gasteiger partial charge >= 0.3 is 0 Å². The van der Waals surface area contributed by atoms with E-state index in [1.165, 1.54) is 19.2 Å². The summed E-state index contributed by atoms with van der Waals surface area (Å²) in [5.74, 6) is 4.12. The van der Waals surface area contributed by atoms with Gasteiger partial charge in [-0.05, 0) is 41.4 Å². The Bertz CT molecular complexity index is 425. The number of nitrogens with two attached hydrogens (primary N) is 1. The standard InChI is InChI=1S/C12H17BrF2N2O/c1-4-12(2,18-3)11(17-16)9-8(14)6-5-7(13)10(9)15/h5-6,11,17H,4,16H2,1-3H3. The Hall–Kier alpha value is -0.560. The zero-order chi connectivity index (χ0) is 13.9. The molecule has 2 unspecified atom stereocenters. The van der Waals surface area contributed by atoms with Crippen molar-refractivity contribution in [2.75, 3.05) is 7.11 Å². The molecule has 0 aliphatic carbocycles. The Labute approximate surface area is 114 Å². The molecule has 0 bridgehead atoms. The highest BCUT2D eigenvalue weighted by Gasteiger charge is 2.37. The highest BCUT2D eigenvalue weighted by atomic mass is 79.9. The summed E-state index contributed by atoms with van der Waals surface area (Å²) in [7, 11) is 1.49. The van der Waals surface area contributed by atoms with Crippen LogP contribution in [0, 0.1) is 11.6 Å². The minimum absolute atomic E-state index is 0.127. The molecule has 0 spiro atoms. The molecule has 1 aromatic carbocycles. The van der Waals surface area contributed by atoms with Crippen LogP contribution in [0.3, 0.4) is 0 Å². The monoisotopic (exact) mass is 322 g/mol. The van der Waals surface area contributed by atoms with E-state index < -0.39 is 23.3 Å². The molecule has 102 valence electrons. The zero-order valence-corrected chi connectivity index (χ0v) is 12.1. The van der Waals surface area contributed by atoms with Crippen molar-refractivity contribution >= 4 is 15.9 Å². The predicted molar refractivity (Wildman–Crippen MR) is 69.8 cm³/mol. The zero-order valence-electron chi connectivity index (χ0n) is 10.6. The van der Waals surface area contributed by atoms with E-state index in [1.54, 1.807) is 6.92 Å². The minimum atomic E-state index is -0.808. The van der Waals surface area contributed by atoms with Crippen molar-refractivity contribution in [3.63, 3.8) is 0 Å². The van der Waals surface area contributed by atoms with Gasteiger partial charge in [0, 0.05) is 12.7 Å². The van der Waals surface area contributed by atoms with E-state index in [1.807, 2.05) is 6.92 Å². The van der Waals surface area contributed by atoms with Crippen LogP contribution in [0.4, 0.5) is 8.78 Å². The van der Waals surface area contributed by atoms with E-state index in [9.17, 15) is 8.78 Å². The van der Waals surface area contributed by atoms with E-state index in [0.29, 0.717) is 6.42 Å². The second kappa shape index (κ2) is 6.06. The van der Waals surface area contributed by atoms with Gasteiger partial charge in [-0.3, -0.25) is 5.84 Å². The molecule has 0 aliphatic heterocycles. The number of methoxy groups -OCH3 is 1. The van der Waals surface area contributed by atoms with Gasteiger partial charge in [0.15, 0.2) is 0 Å². The van der Waals surface area contributed by atoms with E-state index in [4.69, 9.17) is 10.6 Å². The van der Waals surface area contributed by atoms with Gasteiger partial charge in [-0.2, -0.15) is 0 Å². The largest absolute Gasteiger partial charge is 0.376 e. The molecule has 2 atom stereocenters. The summed E-state index contributed by atoms with van der Waals surface area (Å²) in [5.41, 5.74) is 1.51. The molecule has 3 N–H and O–H groups in total. The maximum atomic E-state index is 14.1. The van der Waals surface area contributed by atoms with Crippen LogP contribution in [0.15, 0.2) is 16.6 Å². The molecule has 0 heterocycles. The third-order valence-corrected chi connectivity index (χ3v) is 3.93. The average Bonchev–Trinajstić information content (AvgIpc) is 2.38. The van der Waals surface area contributed by atoms with Gasteiger partial charge in [0.2, 0.25) is 0 Å². The SMILES string of the molecule is CCC(C)(OC)C(NN)c1c(F)ccc(Br)c1F. The van der Waals surface area contributed by atoms with Crippen molar-refractivity contribution in [1.29, 1.82) is 0 Å². The Balaban J connectivity index is 3.38. The number of nitrogens with one attached hydrogen (secondary N) is 1. The molecule has 0 saturated carbocycles. The van der Waals surface area contributed by atoms with Crippen molar-refractivity contribution in [3.8, 4) is 0 Å². The lowest BCUT2D eigenvalue weighted by molar-refractivity contribution is -0.0318. The van der Waals surface area contributed by atoms with E-state index in [2.05, 4.69) is 21.4 Å². The Kier molecular flexibility index (Phi) is 5.21. The second-order valence-electron chi connectivity index (χ2n) is 4.23. The molecule has 0 radical (unpaired) electrons. The van der Waals surface area contributed by atoms with Gasteiger partial charge in [-0.25, -0.2) is 14.2 Å². The van der Waals surface area contributed by atoms with E-state index in [0.717, 1.165) is 0 Å². The lowest BCUT2D eigenvalue weighted by Crippen LogP contribution is -2.46. The van der Waals surface area contributed by atoms with Crippen LogP contribution in [0.1, 0.15) is 31.9 Å². The molecular weight excluding hydrogens is 306 g/mol. The summed E-state index contributed by atoms with van der Waals surface area (Å²) >= 11 is 3.04. The number of benzene rings is 1. The molecule has 6 heteroatoms. The van der Waals surface area contributed by atoms with Crippen LogP contribution in [0.2, 0.25) is 0 Å². The number of ether oxygens (including phenoxy) is 1. The van der Waals surface area contributed by atoms with Crippen LogP contribution in [-0.4, -0.2) is 12.7 Å². The van der Waals surface area contributed by atoms with Gasteiger partial charge < -0.3 is 4.74 Å². The van der Waals surface area contributed by atoms with Crippen molar-refractivity contribution < 1.29 is 13.5 Å². The highest BCUT2D eigenvalue weighted by Crippen LogP contribution is 2.35.